The second-order valence-corrected chi connectivity index (χ2v) is 3.31. The maximum absolute atomic E-state index is 2.08. The highest BCUT2D eigenvalue weighted by Gasteiger charge is 1.72. The Hall–Kier alpha value is -1.56. The molecule has 0 unspecified atom stereocenters. The largest absolute Gasteiger partial charge is 0.0683 e. The Morgan fingerprint density at radius 3 is 0.583 bits per heavy atom. The van der Waals surface area contributed by atoms with E-state index >= 15 is 0 Å². The van der Waals surface area contributed by atoms with E-state index in [2.05, 4.69) is 38.1 Å². The van der Waals surface area contributed by atoms with E-state index in [9.17, 15) is 0 Å². The minimum absolute atomic E-state index is 1.32. The normalized spacial score (nSPS) is 6.33. The number of hydrogen-bond donors (Lipinski definition) is 0. The van der Waals surface area contributed by atoms with Crippen LogP contribution in [-0.4, -0.2) is 0 Å². The molecule has 2 aromatic carbocycles. The van der Waals surface area contributed by atoms with Gasteiger partial charge in [-0.3, -0.25) is 0 Å². The topological polar surface area (TPSA) is 0 Å². The quantitative estimate of drug-likeness (QED) is 0.450. The average Bonchev–Trinajstić information content (AvgIpc) is 2.71. The van der Waals surface area contributed by atoms with Gasteiger partial charge in [-0.05, 0) is 13.8 Å². The Balaban J connectivity index is -0.0000000666. The van der Waals surface area contributed by atoms with Gasteiger partial charge in [0.15, 0.2) is 0 Å². The molecule has 0 atom stereocenters. The van der Waals surface area contributed by atoms with Crippen LogP contribution in [-0.2, 0) is 0 Å². The minimum Gasteiger partial charge on any atom is -0.0683 e. The zero-order chi connectivity index (χ0) is 20.2. The number of hydrogen-bond acceptors (Lipinski definition) is 0. The van der Waals surface area contributed by atoms with E-state index in [0.29, 0.717) is 0 Å². The first-order valence-corrected chi connectivity index (χ1v) is 9.82. The predicted octanol–water partition coefficient (Wildman–Crippen LogP) is 9.12. The minimum atomic E-state index is 1.32. The SMILES string of the molecule is CC.CC.CC.CC.CC.Cc1ccccc1.Cc1ccccc1. The van der Waals surface area contributed by atoms with E-state index in [1.165, 1.54) is 11.1 Å². The molecule has 0 bridgehead atoms. The van der Waals surface area contributed by atoms with Gasteiger partial charge in [-0.2, -0.15) is 0 Å². The molecule has 0 aliphatic rings. The van der Waals surface area contributed by atoms with Crippen LogP contribution in [0.1, 0.15) is 80.4 Å². The lowest BCUT2D eigenvalue weighted by Crippen LogP contribution is -1.62. The third kappa shape index (κ3) is 37.0. The van der Waals surface area contributed by atoms with Crippen LogP contribution in [0.2, 0.25) is 0 Å². The lowest BCUT2D eigenvalue weighted by molar-refractivity contribution is 1.48. The van der Waals surface area contributed by atoms with Crippen molar-refractivity contribution in [1.29, 1.82) is 0 Å². The molecule has 2 aromatic rings. The summed E-state index contributed by atoms with van der Waals surface area (Å²) in [5, 5.41) is 0. The standard InChI is InChI=1S/2C7H8.5C2H6/c2*1-7-5-3-2-4-6-7;5*1-2/h2*2-6H,1H3;5*1-2H3. The fourth-order valence-electron chi connectivity index (χ4n) is 1.07. The zero-order valence-corrected chi connectivity index (χ0v) is 18.8. The van der Waals surface area contributed by atoms with Crippen molar-refractivity contribution >= 4 is 0 Å². The fraction of sp³-hybridized carbons (Fsp3) is 0.500. The first kappa shape index (κ1) is 33.9. The van der Waals surface area contributed by atoms with Gasteiger partial charge >= 0.3 is 0 Å². The van der Waals surface area contributed by atoms with E-state index < -0.39 is 0 Å². The smallest absolute Gasteiger partial charge is 0.0398 e. The van der Waals surface area contributed by atoms with E-state index in [1.807, 2.05) is 106 Å². The molecule has 0 amide bonds. The Labute approximate surface area is 155 Å². The van der Waals surface area contributed by atoms with Gasteiger partial charge in [-0.25, -0.2) is 0 Å². The Bertz CT molecular complexity index is 297. The summed E-state index contributed by atoms with van der Waals surface area (Å²) in [4.78, 5) is 0. The maximum Gasteiger partial charge on any atom is -0.0398 e. The zero-order valence-electron chi connectivity index (χ0n) is 18.8. The lowest BCUT2D eigenvalue weighted by Gasteiger charge is -1.82. The van der Waals surface area contributed by atoms with E-state index in [-0.39, 0.29) is 0 Å². The monoisotopic (exact) mass is 334 g/mol. The lowest BCUT2D eigenvalue weighted by atomic mass is 10.2. The highest BCUT2D eigenvalue weighted by Crippen LogP contribution is 1.92. The van der Waals surface area contributed by atoms with Crippen molar-refractivity contribution in [2.24, 2.45) is 0 Å². The van der Waals surface area contributed by atoms with Crippen LogP contribution in [0.5, 0.6) is 0 Å². The summed E-state index contributed by atoms with van der Waals surface area (Å²) >= 11 is 0. The van der Waals surface area contributed by atoms with Crippen molar-refractivity contribution in [3.63, 3.8) is 0 Å². The molecule has 142 valence electrons. The number of benzene rings is 2. The van der Waals surface area contributed by atoms with Crippen LogP contribution in [0, 0.1) is 13.8 Å². The number of rotatable bonds is 0. The Morgan fingerprint density at radius 2 is 0.500 bits per heavy atom. The van der Waals surface area contributed by atoms with Gasteiger partial charge < -0.3 is 0 Å². The van der Waals surface area contributed by atoms with Gasteiger partial charge in [0.25, 0.3) is 0 Å². The molecule has 0 nitrogen and oxygen atoms in total. The van der Waals surface area contributed by atoms with Crippen molar-refractivity contribution in [2.45, 2.75) is 83.1 Å². The second-order valence-electron chi connectivity index (χ2n) is 3.31. The van der Waals surface area contributed by atoms with E-state index in [0.717, 1.165) is 0 Å². The molecule has 0 heteroatoms. The number of aryl methyl sites for hydroxylation is 2. The van der Waals surface area contributed by atoms with Crippen LogP contribution in [0.15, 0.2) is 60.7 Å². The highest BCUT2D eigenvalue weighted by atomic mass is 13.8. The Morgan fingerprint density at radius 1 is 0.333 bits per heavy atom. The van der Waals surface area contributed by atoms with Crippen molar-refractivity contribution in [2.75, 3.05) is 0 Å². The molecule has 0 spiro atoms. The molecule has 0 N–H and O–H groups in total. The summed E-state index contributed by atoms with van der Waals surface area (Å²) in [5.41, 5.74) is 2.64. The van der Waals surface area contributed by atoms with Crippen LogP contribution in [0.4, 0.5) is 0 Å². The van der Waals surface area contributed by atoms with Crippen LogP contribution >= 0.6 is 0 Å². The van der Waals surface area contributed by atoms with Crippen LogP contribution in [0.25, 0.3) is 0 Å². The summed E-state index contributed by atoms with van der Waals surface area (Å²) in [6, 6.07) is 20.5. The van der Waals surface area contributed by atoms with Crippen LogP contribution in [0.3, 0.4) is 0 Å². The first-order valence-electron chi connectivity index (χ1n) is 9.82. The summed E-state index contributed by atoms with van der Waals surface area (Å²) in [6.07, 6.45) is 0. The summed E-state index contributed by atoms with van der Waals surface area (Å²) in [6.45, 7) is 24.2. The van der Waals surface area contributed by atoms with E-state index in [1.54, 1.807) is 0 Å². The first-order chi connectivity index (χ1) is 11.8. The molecule has 0 saturated carbocycles. The molecule has 0 radical (unpaired) electrons. The fourth-order valence-corrected chi connectivity index (χ4v) is 1.07. The van der Waals surface area contributed by atoms with Gasteiger partial charge in [0, 0.05) is 0 Å². The maximum atomic E-state index is 2.08. The third-order valence-corrected chi connectivity index (χ3v) is 1.88. The molecule has 0 fully saturated rings. The summed E-state index contributed by atoms with van der Waals surface area (Å²) < 4.78 is 0. The van der Waals surface area contributed by atoms with Gasteiger partial charge in [0.1, 0.15) is 0 Å². The molecule has 24 heavy (non-hydrogen) atoms. The molecule has 0 saturated heterocycles. The van der Waals surface area contributed by atoms with Gasteiger partial charge in [0.05, 0.1) is 0 Å². The van der Waals surface area contributed by atoms with Crippen molar-refractivity contribution < 1.29 is 0 Å². The Kier molecular flexibility index (Phi) is 60.7. The second kappa shape index (κ2) is 43.0. The summed E-state index contributed by atoms with van der Waals surface area (Å²) in [5.74, 6) is 0. The third-order valence-electron chi connectivity index (χ3n) is 1.88. The molecule has 0 aliphatic heterocycles. The van der Waals surface area contributed by atoms with Crippen molar-refractivity contribution in [3.8, 4) is 0 Å². The predicted molar refractivity (Wildman–Crippen MR) is 119 cm³/mol. The summed E-state index contributed by atoms with van der Waals surface area (Å²) in [7, 11) is 0. The van der Waals surface area contributed by atoms with Crippen molar-refractivity contribution in [3.05, 3.63) is 71.8 Å². The van der Waals surface area contributed by atoms with Gasteiger partial charge in [-0.1, -0.05) is 141 Å². The van der Waals surface area contributed by atoms with Crippen LogP contribution < -0.4 is 0 Å². The van der Waals surface area contributed by atoms with Crippen molar-refractivity contribution in [1.82, 2.24) is 0 Å². The molecule has 0 heterocycles. The highest BCUT2D eigenvalue weighted by molar-refractivity contribution is 5.12. The molecule has 2 rings (SSSR count). The van der Waals surface area contributed by atoms with E-state index in [4.69, 9.17) is 0 Å². The molecule has 0 aliphatic carbocycles. The van der Waals surface area contributed by atoms with Gasteiger partial charge in [-0.15, -0.1) is 0 Å². The van der Waals surface area contributed by atoms with Gasteiger partial charge in [0.2, 0.25) is 0 Å². The molecular formula is C24H46. The average molecular weight is 335 g/mol. The molecular weight excluding hydrogens is 288 g/mol. The molecule has 0 aromatic heterocycles.